The minimum atomic E-state index is -0.0456. The van der Waals surface area contributed by atoms with Crippen molar-refractivity contribution >= 4 is 17.9 Å². The van der Waals surface area contributed by atoms with E-state index in [4.69, 9.17) is 33.2 Å². The number of rotatable bonds is 8. The van der Waals surface area contributed by atoms with E-state index in [0.717, 1.165) is 11.1 Å². The van der Waals surface area contributed by atoms with Crippen molar-refractivity contribution in [3.05, 3.63) is 46.5 Å². The topological polar surface area (TPSA) is 81.7 Å². The van der Waals surface area contributed by atoms with Crippen LogP contribution in [0, 0.1) is 0 Å². The Kier molecular flexibility index (Phi) is 9.03. The Bertz CT molecular complexity index is 981. The molecule has 2 aromatic carbocycles. The predicted molar refractivity (Wildman–Crippen MR) is 133 cm³/mol. The maximum absolute atomic E-state index is 13.6. The summed E-state index contributed by atoms with van der Waals surface area (Å²) in [6.07, 6.45) is 4.62. The summed E-state index contributed by atoms with van der Waals surface area (Å²) in [7, 11) is 9.33. The van der Waals surface area contributed by atoms with Crippen LogP contribution >= 0.6 is 0 Å². The van der Waals surface area contributed by atoms with Crippen LogP contribution in [0.15, 0.2) is 35.4 Å². The van der Waals surface area contributed by atoms with Gasteiger partial charge in [-0.3, -0.25) is 4.79 Å². The van der Waals surface area contributed by atoms with Gasteiger partial charge in [0, 0.05) is 11.1 Å². The Balaban J connectivity index is 2.05. The number of methoxy groups -OCH3 is 6. The lowest BCUT2D eigenvalue weighted by Gasteiger charge is -2.17. The zero-order valence-electron chi connectivity index (χ0n) is 21.1. The summed E-state index contributed by atoms with van der Waals surface area (Å²) in [5, 5.41) is 0. The second-order valence-electron chi connectivity index (χ2n) is 7.70. The van der Waals surface area contributed by atoms with Gasteiger partial charge in [0.2, 0.25) is 11.5 Å². The Morgan fingerprint density at radius 2 is 0.943 bits per heavy atom. The molecule has 1 aliphatic heterocycles. The first kappa shape index (κ1) is 26.0. The molecule has 8 heteroatoms. The van der Waals surface area contributed by atoms with E-state index in [1.165, 1.54) is 0 Å². The third-order valence-corrected chi connectivity index (χ3v) is 5.67. The summed E-state index contributed by atoms with van der Waals surface area (Å²) in [6, 6.07) is 7.24. The molecule has 0 aromatic heterocycles. The lowest BCUT2D eigenvalue weighted by atomic mass is 9.94. The van der Waals surface area contributed by atoms with Crippen molar-refractivity contribution in [3.8, 4) is 34.5 Å². The second kappa shape index (κ2) is 12.2. The fourth-order valence-electron chi connectivity index (χ4n) is 3.95. The molecular weight excluding hydrogens is 452 g/mol. The monoisotopic (exact) mass is 484 g/mol. The molecule has 2 aromatic rings. The van der Waals surface area contributed by atoms with Crippen molar-refractivity contribution in [1.82, 2.24) is 0 Å². The minimum absolute atomic E-state index is 0.0456. The van der Waals surface area contributed by atoms with Gasteiger partial charge >= 0.3 is 0 Å². The van der Waals surface area contributed by atoms with Crippen molar-refractivity contribution in [2.24, 2.45) is 0 Å². The van der Waals surface area contributed by atoms with Crippen LogP contribution in [0.25, 0.3) is 12.2 Å². The van der Waals surface area contributed by atoms with E-state index in [0.29, 0.717) is 71.7 Å². The van der Waals surface area contributed by atoms with Crippen molar-refractivity contribution in [1.29, 1.82) is 0 Å². The average molecular weight is 485 g/mol. The van der Waals surface area contributed by atoms with E-state index < -0.39 is 0 Å². The van der Waals surface area contributed by atoms with Gasteiger partial charge in [0.1, 0.15) is 0 Å². The van der Waals surface area contributed by atoms with Gasteiger partial charge in [-0.1, -0.05) is 0 Å². The van der Waals surface area contributed by atoms with E-state index in [1.807, 2.05) is 36.4 Å². The summed E-state index contributed by atoms with van der Waals surface area (Å²) in [5.41, 5.74) is 2.77. The van der Waals surface area contributed by atoms with E-state index in [9.17, 15) is 4.79 Å². The highest BCUT2D eigenvalue weighted by atomic mass is 16.5. The number of carbonyl (C=O) groups is 1. The van der Waals surface area contributed by atoms with Crippen LogP contribution in [-0.2, 0) is 9.53 Å². The van der Waals surface area contributed by atoms with Gasteiger partial charge in [0.15, 0.2) is 28.8 Å². The molecule has 188 valence electrons. The van der Waals surface area contributed by atoms with Crippen LogP contribution in [0.5, 0.6) is 34.5 Å². The third-order valence-electron chi connectivity index (χ3n) is 5.67. The summed E-state index contributed by atoms with van der Waals surface area (Å²) in [6.45, 7) is 0.916. The molecule has 0 spiro atoms. The van der Waals surface area contributed by atoms with Crippen LogP contribution in [0.3, 0.4) is 0 Å². The van der Waals surface area contributed by atoms with Crippen LogP contribution in [0.1, 0.15) is 24.0 Å². The molecule has 0 radical (unpaired) electrons. The van der Waals surface area contributed by atoms with Gasteiger partial charge in [0.25, 0.3) is 0 Å². The number of ketones is 1. The Morgan fingerprint density at radius 1 is 0.600 bits per heavy atom. The molecule has 0 atom stereocenters. The first-order valence-corrected chi connectivity index (χ1v) is 11.1. The van der Waals surface area contributed by atoms with Crippen LogP contribution < -0.4 is 28.4 Å². The third kappa shape index (κ3) is 5.89. The summed E-state index contributed by atoms with van der Waals surface area (Å²) in [4.78, 5) is 13.6. The normalized spacial score (nSPS) is 16.5. The fourth-order valence-corrected chi connectivity index (χ4v) is 3.95. The lowest BCUT2D eigenvalue weighted by Crippen LogP contribution is -2.15. The first-order valence-electron chi connectivity index (χ1n) is 11.1. The molecule has 8 nitrogen and oxygen atoms in total. The van der Waals surface area contributed by atoms with Gasteiger partial charge in [-0.05, 0) is 60.4 Å². The molecule has 0 bridgehead atoms. The molecular formula is C27H32O8. The van der Waals surface area contributed by atoms with Crippen molar-refractivity contribution < 1.29 is 38.0 Å². The number of carbonyl (C=O) groups excluding carboxylic acids is 1. The number of ether oxygens (including phenoxy) is 7. The number of hydrogen-bond acceptors (Lipinski definition) is 8. The van der Waals surface area contributed by atoms with Gasteiger partial charge in [0.05, 0.1) is 55.9 Å². The first-order chi connectivity index (χ1) is 17.0. The smallest absolute Gasteiger partial charge is 0.203 e. The van der Waals surface area contributed by atoms with Gasteiger partial charge < -0.3 is 33.2 Å². The van der Waals surface area contributed by atoms with Gasteiger partial charge in [-0.2, -0.15) is 0 Å². The molecule has 0 unspecified atom stereocenters. The Morgan fingerprint density at radius 3 is 1.23 bits per heavy atom. The molecule has 1 aliphatic rings. The quantitative estimate of drug-likeness (QED) is 0.504. The van der Waals surface area contributed by atoms with Gasteiger partial charge in [-0.15, -0.1) is 0 Å². The Labute approximate surface area is 206 Å². The lowest BCUT2D eigenvalue weighted by molar-refractivity contribution is -0.113. The molecule has 35 heavy (non-hydrogen) atoms. The average Bonchev–Trinajstić information content (AvgIpc) is 2.88. The highest BCUT2D eigenvalue weighted by molar-refractivity contribution is 6.13. The molecule has 1 saturated heterocycles. The zero-order valence-corrected chi connectivity index (χ0v) is 21.1. The van der Waals surface area contributed by atoms with Crippen LogP contribution in [0.2, 0.25) is 0 Å². The largest absolute Gasteiger partial charge is 0.493 e. The SMILES string of the molecule is COc1cc(/C=C2\CCOCC/C(=C\c3cc(OC)c(OC)c(OC)c3)C2=O)cc(OC)c1OC. The van der Waals surface area contributed by atoms with E-state index >= 15 is 0 Å². The van der Waals surface area contributed by atoms with Gasteiger partial charge in [-0.25, -0.2) is 0 Å². The standard InChI is InChI=1S/C27H32O8/c1-29-21-13-17(14-22(30-2)26(21)33-5)11-19-7-9-35-10-8-20(25(19)28)12-18-15-23(31-3)27(34-6)24(16-18)32-4/h11-16H,7-10H2,1-6H3/b19-11+,20-12+. The van der Waals surface area contributed by atoms with E-state index in [1.54, 1.807) is 42.7 Å². The number of Topliss-reactive ketones (excluding diaryl/α,β-unsaturated/α-hetero) is 1. The molecule has 1 fully saturated rings. The maximum Gasteiger partial charge on any atom is 0.203 e. The minimum Gasteiger partial charge on any atom is -0.493 e. The molecule has 1 heterocycles. The molecule has 0 saturated carbocycles. The molecule has 0 N–H and O–H groups in total. The molecule has 0 aliphatic carbocycles. The summed E-state index contributed by atoms with van der Waals surface area (Å²) in [5.74, 6) is 3.00. The summed E-state index contributed by atoms with van der Waals surface area (Å²) < 4.78 is 38.4. The highest BCUT2D eigenvalue weighted by Gasteiger charge is 2.20. The van der Waals surface area contributed by atoms with Crippen molar-refractivity contribution in [2.45, 2.75) is 12.8 Å². The maximum atomic E-state index is 13.6. The van der Waals surface area contributed by atoms with Crippen LogP contribution in [0.4, 0.5) is 0 Å². The summed E-state index contributed by atoms with van der Waals surface area (Å²) >= 11 is 0. The Hall–Kier alpha value is -3.65. The second-order valence-corrected chi connectivity index (χ2v) is 7.70. The number of benzene rings is 2. The number of hydrogen-bond donors (Lipinski definition) is 0. The predicted octanol–water partition coefficient (Wildman–Crippen LogP) is 4.58. The van der Waals surface area contributed by atoms with Crippen LogP contribution in [-0.4, -0.2) is 61.7 Å². The highest BCUT2D eigenvalue weighted by Crippen LogP contribution is 2.40. The molecule has 3 rings (SSSR count). The zero-order chi connectivity index (χ0) is 25.4. The van der Waals surface area contributed by atoms with E-state index in [-0.39, 0.29) is 5.78 Å². The van der Waals surface area contributed by atoms with Crippen molar-refractivity contribution in [3.63, 3.8) is 0 Å². The van der Waals surface area contributed by atoms with Crippen molar-refractivity contribution in [2.75, 3.05) is 55.9 Å². The van der Waals surface area contributed by atoms with E-state index in [2.05, 4.69) is 0 Å². The fraction of sp³-hybridized carbons (Fsp3) is 0.370. The molecule has 0 amide bonds.